The summed E-state index contributed by atoms with van der Waals surface area (Å²) in [6, 6.07) is 0.503. The van der Waals surface area contributed by atoms with Crippen molar-refractivity contribution in [3.63, 3.8) is 0 Å². The molecular weight excluding hydrogens is 315 g/mol. The molecule has 0 aliphatic carbocycles. The SMILES string of the molecule is C[C@@H]1CCCN(C(=O)C(=O)Nc2cc(C(F)(F)F)c[nH]c2=O)C1. The molecule has 1 atom stereocenters. The van der Waals surface area contributed by atoms with E-state index in [-0.39, 0.29) is 5.92 Å². The van der Waals surface area contributed by atoms with Crippen LogP contribution in [0.25, 0.3) is 0 Å². The van der Waals surface area contributed by atoms with Gasteiger partial charge >= 0.3 is 18.0 Å². The molecule has 0 bridgehead atoms. The number of halogens is 3. The Labute approximate surface area is 129 Å². The van der Waals surface area contributed by atoms with Gasteiger partial charge < -0.3 is 15.2 Å². The van der Waals surface area contributed by atoms with E-state index in [0.29, 0.717) is 25.4 Å². The lowest BCUT2D eigenvalue weighted by atomic mass is 10.0. The number of piperidine rings is 1. The maximum absolute atomic E-state index is 12.6. The zero-order valence-electron chi connectivity index (χ0n) is 12.4. The number of rotatable bonds is 1. The first kappa shape index (κ1) is 17.0. The molecule has 2 heterocycles. The Morgan fingerprint density at radius 3 is 2.70 bits per heavy atom. The second kappa shape index (κ2) is 6.43. The molecule has 1 saturated heterocycles. The number of aromatic amines is 1. The number of carbonyl (C=O) groups excluding carboxylic acids is 2. The third kappa shape index (κ3) is 4.11. The van der Waals surface area contributed by atoms with Crippen LogP contribution in [0.2, 0.25) is 0 Å². The lowest BCUT2D eigenvalue weighted by Crippen LogP contribution is -2.45. The van der Waals surface area contributed by atoms with Gasteiger partial charge in [0.05, 0.1) is 5.56 Å². The fraction of sp³-hybridized carbons (Fsp3) is 0.500. The minimum atomic E-state index is -4.67. The van der Waals surface area contributed by atoms with Gasteiger partial charge in [-0.25, -0.2) is 0 Å². The van der Waals surface area contributed by atoms with E-state index in [2.05, 4.69) is 0 Å². The van der Waals surface area contributed by atoms with Gasteiger partial charge in [0.15, 0.2) is 0 Å². The monoisotopic (exact) mass is 331 g/mol. The minimum Gasteiger partial charge on any atom is -0.334 e. The number of nitrogens with one attached hydrogen (secondary N) is 2. The van der Waals surface area contributed by atoms with E-state index < -0.39 is 34.8 Å². The molecule has 2 rings (SSSR count). The number of H-pyrrole nitrogens is 1. The third-order valence-electron chi connectivity index (χ3n) is 3.62. The van der Waals surface area contributed by atoms with Crippen molar-refractivity contribution < 1.29 is 22.8 Å². The summed E-state index contributed by atoms with van der Waals surface area (Å²) < 4.78 is 37.9. The Morgan fingerprint density at radius 2 is 2.09 bits per heavy atom. The standard InChI is InChI=1S/C14H16F3N3O3/c1-8-3-2-4-20(7-8)13(23)12(22)19-10-5-9(14(15,16)17)6-18-11(10)21/h5-6,8H,2-4,7H2,1H3,(H,18,21)(H,19,22)/t8-/m1/s1. The normalized spacial score (nSPS) is 18.6. The number of amides is 2. The molecule has 1 aromatic heterocycles. The van der Waals surface area contributed by atoms with Crippen LogP contribution in [0.1, 0.15) is 25.3 Å². The van der Waals surface area contributed by atoms with Gasteiger partial charge in [-0.1, -0.05) is 6.92 Å². The third-order valence-corrected chi connectivity index (χ3v) is 3.62. The summed E-state index contributed by atoms with van der Waals surface area (Å²) in [5.41, 5.74) is -2.64. The number of hydrogen-bond acceptors (Lipinski definition) is 3. The Morgan fingerprint density at radius 1 is 1.39 bits per heavy atom. The van der Waals surface area contributed by atoms with Gasteiger partial charge in [-0.05, 0) is 24.8 Å². The van der Waals surface area contributed by atoms with Crippen LogP contribution < -0.4 is 10.9 Å². The summed E-state index contributed by atoms with van der Waals surface area (Å²) in [4.78, 5) is 38.7. The molecule has 0 saturated carbocycles. The number of aromatic nitrogens is 1. The average molecular weight is 331 g/mol. The highest BCUT2D eigenvalue weighted by atomic mass is 19.4. The number of alkyl halides is 3. The molecule has 2 amide bonds. The van der Waals surface area contributed by atoms with E-state index in [1.54, 1.807) is 0 Å². The van der Waals surface area contributed by atoms with E-state index in [1.165, 1.54) is 4.90 Å². The van der Waals surface area contributed by atoms with Gasteiger partial charge in [0.2, 0.25) is 0 Å². The van der Waals surface area contributed by atoms with Crippen LogP contribution in [0.5, 0.6) is 0 Å². The van der Waals surface area contributed by atoms with Crippen LogP contribution >= 0.6 is 0 Å². The topological polar surface area (TPSA) is 82.3 Å². The molecule has 6 nitrogen and oxygen atoms in total. The minimum absolute atomic E-state index is 0.248. The molecule has 0 unspecified atom stereocenters. The molecule has 1 aliphatic rings. The summed E-state index contributed by atoms with van der Waals surface area (Å²) in [7, 11) is 0. The molecule has 1 fully saturated rings. The summed E-state index contributed by atoms with van der Waals surface area (Å²) in [5, 5.41) is 1.96. The van der Waals surface area contributed by atoms with Crippen LogP contribution in [-0.2, 0) is 15.8 Å². The number of anilines is 1. The summed E-state index contributed by atoms with van der Waals surface area (Å²) in [6.45, 7) is 2.76. The quantitative estimate of drug-likeness (QED) is 0.767. The van der Waals surface area contributed by atoms with E-state index in [1.807, 2.05) is 17.2 Å². The van der Waals surface area contributed by atoms with Crippen LogP contribution in [0.4, 0.5) is 18.9 Å². The highest BCUT2D eigenvalue weighted by Crippen LogP contribution is 2.29. The molecule has 2 N–H and O–H groups in total. The van der Waals surface area contributed by atoms with Gasteiger partial charge in [0.1, 0.15) is 5.69 Å². The number of nitrogens with zero attached hydrogens (tertiary/aromatic N) is 1. The number of pyridine rings is 1. The average Bonchev–Trinajstić information content (AvgIpc) is 2.47. The van der Waals surface area contributed by atoms with Crippen molar-refractivity contribution in [3.05, 3.63) is 28.2 Å². The molecule has 1 aromatic rings. The highest BCUT2D eigenvalue weighted by molar-refractivity contribution is 6.39. The van der Waals surface area contributed by atoms with Crippen molar-refractivity contribution in [3.8, 4) is 0 Å². The van der Waals surface area contributed by atoms with Crippen molar-refractivity contribution in [2.24, 2.45) is 5.92 Å². The van der Waals surface area contributed by atoms with E-state index in [0.717, 1.165) is 12.8 Å². The Kier molecular flexibility index (Phi) is 4.76. The van der Waals surface area contributed by atoms with Gasteiger partial charge in [0.25, 0.3) is 5.56 Å². The number of carbonyl (C=O) groups is 2. The highest BCUT2D eigenvalue weighted by Gasteiger charge is 2.32. The fourth-order valence-electron chi connectivity index (χ4n) is 2.43. The molecule has 0 spiro atoms. The predicted molar refractivity (Wildman–Crippen MR) is 75.7 cm³/mol. The Balaban J connectivity index is 2.13. The maximum atomic E-state index is 12.6. The molecule has 0 radical (unpaired) electrons. The summed E-state index contributed by atoms with van der Waals surface area (Å²) >= 11 is 0. The number of hydrogen-bond donors (Lipinski definition) is 2. The second-order valence-corrected chi connectivity index (χ2v) is 5.58. The largest absolute Gasteiger partial charge is 0.417 e. The Bertz CT molecular complexity index is 669. The number of likely N-dealkylation sites (tertiary alicyclic amines) is 1. The fourth-order valence-corrected chi connectivity index (χ4v) is 2.43. The van der Waals surface area contributed by atoms with Crippen LogP contribution in [0.15, 0.2) is 17.1 Å². The Hall–Kier alpha value is -2.32. The van der Waals surface area contributed by atoms with Crippen LogP contribution in [0.3, 0.4) is 0 Å². The van der Waals surface area contributed by atoms with Crippen LogP contribution in [0, 0.1) is 5.92 Å². The van der Waals surface area contributed by atoms with E-state index >= 15 is 0 Å². The molecule has 126 valence electrons. The zero-order chi connectivity index (χ0) is 17.2. The van der Waals surface area contributed by atoms with E-state index in [4.69, 9.17) is 0 Å². The smallest absolute Gasteiger partial charge is 0.334 e. The molecular formula is C14H16F3N3O3. The molecule has 9 heteroatoms. The van der Waals surface area contributed by atoms with Crippen LogP contribution in [-0.4, -0.2) is 34.8 Å². The first-order valence-electron chi connectivity index (χ1n) is 7.08. The van der Waals surface area contributed by atoms with E-state index in [9.17, 15) is 27.6 Å². The van der Waals surface area contributed by atoms with Crippen molar-refractivity contribution >= 4 is 17.5 Å². The molecule has 1 aliphatic heterocycles. The lowest BCUT2D eigenvalue weighted by Gasteiger charge is -2.30. The van der Waals surface area contributed by atoms with Crippen molar-refractivity contribution in [2.45, 2.75) is 25.9 Å². The van der Waals surface area contributed by atoms with Gasteiger partial charge in [-0.2, -0.15) is 13.2 Å². The first-order valence-corrected chi connectivity index (χ1v) is 7.08. The summed E-state index contributed by atoms with van der Waals surface area (Å²) in [6.07, 6.45) is -2.47. The maximum Gasteiger partial charge on any atom is 0.417 e. The summed E-state index contributed by atoms with van der Waals surface area (Å²) in [5.74, 6) is -1.73. The van der Waals surface area contributed by atoms with Crippen molar-refractivity contribution in [2.75, 3.05) is 18.4 Å². The second-order valence-electron chi connectivity index (χ2n) is 5.58. The van der Waals surface area contributed by atoms with Crippen molar-refractivity contribution in [1.29, 1.82) is 0 Å². The van der Waals surface area contributed by atoms with Crippen molar-refractivity contribution in [1.82, 2.24) is 9.88 Å². The molecule has 0 aromatic carbocycles. The lowest BCUT2D eigenvalue weighted by molar-refractivity contribution is -0.144. The zero-order valence-corrected chi connectivity index (χ0v) is 12.4. The molecule has 23 heavy (non-hydrogen) atoms. The van der Waals surface area contributed by atoms with Gasteiger partial charge in [0, 0.05) is 19.3 Å². The first-order chi connectivity index (χ1) is 10.7. The predicted octanol–water partition coefficient (Wildman–Crippen LogP) is 1.59. The van der Waals surface area contributed by atoms with Gasteiger partial charge in [-0.15, -0.1) is 0 Å². The van der Waals surface area contributed by atoms with Gasteiger partial charge in [-0.3, -0.25) is 14.4 Å².